The summed E-state index contributed by atoms with van der Waals surface area (Å²) in [5.74, 6) is 1.55. The van der Waals surface area contributed by atoms with Crippen molar-refractivity contribution >= 4 is 61.1 Å². The van der Waals surface area contributed by atoms with E-state index in [1.54, 1.807) is 25.1 Å². The molecule has 1 aliphatic rings. The zero-order chi connectivity index (χ0) is 25.0. The lowest BCUT2D eigenvalue weighted by molar-refractivity contribution is -0.387. The number of fused-ring (bicyclic) bond motifs is 1. The van der Waals surface area contributed by atoms with Crippen LogP contribution < -0.4 is 9.46 Å². The number of alkyl halides is 1. The van der Waals surface area contributed by atoms with Gasteiger partial charge >= 0.3 is 0 Å². The normalized spacial score (nSPS) is 19.0. The predicted molar refractivity (Wildman–Crippen MR) is 143 cm³/mol. The number of rotatable bonds is 9. The number of hydrogen-bond acceptors (Lipinski definition) is 9. The molecule has 4 rings (SSSR count). The van der Waals surface area contributed by atoms with Crippen molar-refractivity contribution in [1.29, 1.82) is 0 Å². The molecule has 1 saturated heterocycles. The van der Waals surface area contributed by atoms with Gasteiger partial charge in [-0.05, 0) is 31.0 Å². The molecule has 1 aliphatic heterocycles. The van der Waals surface area contributed by atoms with Crippen molar-refractivity contribution in [3.05, 3.63) is 58.8 Å². The lowest BCUT2D eigenvalue weighted by Crippen LogP contribution is -2.48. The smallest absolute Gasteiger partial charge is 0.289 e. The van der Waals surface area contributed by atoms with Gasteiger partial charge in [0, 0.05) is 37.0 Å². The van der Waals surface area contributed by atoms with Crippen molar-refractivity contribution in [2.75, 3.05) is 26.0 Å². The summed E-state index contributed by atoms with van der Waals surface area (Å²) < 4.78 is 33.7. The molecular weight excluding hydrogens is 605 g/mol. The van der Waals surface area contributed by atoms with Crippen molar-refractivity contribution in [3.63, 3.8) is 0 Å². The minimum atomic E-state index is -3.99. The maximum absolute atomic E-state index is 12.8. The zero-order valence-electron chi connectivity index (χ0n) is 18.8. The second kappa shape index (κ2) is 11.3. The van der Waals surface area contributed by atoms with Gasteiger partial charge in [0.2, 0.25) is 10.0 Å². The maximum Gasteiger partial charge on any atom is 0.289 e. The van der Waals surface area contributed by atoms with Crippen LogP contribution in [0.15, 0.2) is 58.6 Å². The number of methoxy groups -OCH3 is 1. The van der Waals surface area contributed by atoms with Crippen LogP contribution in [0.3, 0.4) is 0 Å². The van der Waals surface area contributed by atoms with Crippen LogP contribution in [0.1, 0.15) is 12.8 Å². The zero-order valence-corrected chi connectivity index (χ0v) is 22.6. The van der Waals surface area contributed by atoms with E-state index < -0.39 is 20.6 Å². The summed E-state index contributed by atoms with van der Waals surface area (Å²) >= 11 is 3.94. The molecule has 13 heteroatoms. The molecule has 0 bridgehead atoms. The number of hydrogen-bond donors (Lipinski definition) is 1. The Morgan fingerprint density at radius 1 is 1.29 bits per heavy atom. The Hall–Kier alpha value is -2.07. The highest BCUT2D eigenvalue weighted by Gasteiger charge is 2.32. The highest BCUT2D eigenvalue weighted by molar-refractivity contribution is 14.1. The molecule has 2 aromatic carbocycles. The van der Waals surface area contributed by atoms with Gasteiger partial charge in [0.1, 0.15) is 10.8 Å². The molecule has 0 amide bonds. The second-order valence-electron chi connectivity index (χ2n) is 7.95. The first-order valence-electron chi connectivity index (χ1n) is 10.8. The van der Waals surface area contributed by atoms with E-state index in [9.17, 15) is 18.5 Å². The molecule has 3 aromatic rings. The molecule has 2 heterocycles. The number of nitro benzene ring substituents is 1. The second-order valence-corrected chi connectivity index (χ2v) is 12.2. The van der Waals surface area contributed by atoms with Gasteiger partial charge in [-0.25, -0.2) is 18.1 Å². The Bertz CT molecular complexity index is 1330. The van der Waals surface area contributed by atoms with Crippen LogP contribution in [-0.4, -0.2) is 64.3 Å². The molecule has 186 valence electrons. The van der Waals surface area contributed by atoms with Crippen molar-refractivity contribution in [2.24, 2.45) is 0 Å². The van der Waals surface area contributed by atoms with E-state index in [1.165, 1.54) is 24.3 Å². The Balaban J connectivity index is 1.31. The predicted octanol–water partition coefficient (Wildman–Crippen LogP) is 3.84. The van der Waals surface area contributed by atoms with Crippen molar-refractivity contribution in [1.82, 2.24) is 19.6 Å². The molecule has 1 N–H and O–H groups in total. The third-order valence-electron chi connectivity index (χ3n) is 5.67. The topological polar surface area (TPSA) is 128 Å². The molecule has 1 aromatic heterocycles. The monoisotopic (exact) mass is 629 g/mol. The number of nitrogens with one attached hydrogen (secondary N) is 1. The molecule has 2 unspecified atom stereocenters. The number of nitro groups is 1. The summed E-state index contributed by atoms with van der Waals surface area (Å²) in [6.07, 6.45) is 3.01. The molecule has 0 spiro atoms. The number of para-hydroxylation sites is 1. The fourth-order valence-corrected chi connectivity index (χ4v) is 7.33. The number of piperidine rings is 1. The van der Waals surface area contributed by atoms with Gasteiger partial charge in [0.25, 0.3) is 5.69 Å². The first-order valence-corrected chi connectivity index (χ1v) is 14.6. The van der Waals surface area contributed by atoms with E-state index in [4.69, 9.17) is 4.74 Å². The minimum absolute atomic E-state index is 0.132. The summed E-state index contributed by atoms with van der Waals surface area (Å²) in [5.41, 5.74) is 1.18. The number of sulfonamides is 1. The van der Waals surface area contributed by atoms with E-state index in [2.05, 4.69) is 42.2 Å². The molecule has 1 fully saturated rings. The third-order valence-corrected chi connectivity index (χ3v) is 9.41. The lowest BCUT2D eigenvalue weighted by atomic mass is 10.1. The van der Waals surface area contributed by atoms with Crippen LogP contribution in [0.4, 0.5) is 5.69 Å². The summed E-state index contributed by atoms with van der Waals surface area (Å²) in [7, 11) is -2.38. The molecular formula is C22H24IN5O5S2. The molecule has 0 radical (unpaired) electrons. The number of likely N-dealkylation sites (tertiary alicyclic amines) is 1. The number of halogens is 1. The minimum Gasteiger partial charge on any atom is -0.497 e. The first-order chi connectivity index (χ1) is 16.8. The van der Waals surface area contributed by atoms with E-state index >= 15 is 0 Å². The van der Waals surface area contributed by atoms with Gasteiger partial charge in [-0.15, -0.1) is 11.8 Å². The van der Waals surface area contributed by atoms with E-state index in [0.717, 1.165) is 40.7 Å². The maximum atomic E-state index is 12.8. The summed E-state index contributed by atoms with van der Waals surface area (Å²) in [4.78, 5) is 21.7. The van der Waals surface area contributed by atoms with Crippen LogP contribution >= 0.6 is 34.4 Å². The van der Waals surface area contributed by atoms with Gasteiger partial charge in [-0.1, -0.05) is 34.7 Å². The summed E-state index contributed by atoms with van der Waals surface area (Å²) in [5, 5.41) is 12.1. The molecule has 2 atom stereocenters. The van der Waals surface area contributed by atoms with E-state index in [0.29, 0.717) is 12.8 Å². The SMILES string of the molecule is COc1ccc2ncc(SCCN3CCC(NS(=O)(=O)c4ccccc4[N+](=O)[O-])CC3I)nc2c1. The van der Waals surface area contributed by atoms with Gasteiger partial charge < -0.3 is 4.74 Å². The number of ether oxygens (including phenoxy) is 1. The Labute approximate surface area is 221 Å². The summed E-state index contributed by atoms with van der Waals surface area (Å²) in [6, 6.07) is 10.7. The number of benzene rings is 2. The lowest BCUT2D eigenvalue weighted by Gasteiger charge is -2.36. The van der Waals surface area contributed by atoms with Crippen LogP contribution in [0.5, 0.6) is 5.75 Å². The van der Waals surface area contributed by atoms with Gasteiger partial charge in [-0.2, -0.15) is 0 Å². The highest BCUT2D eigenvalue weighted by atomic mass is 127. The third kappa shape index (κ3) is 6.39. The van der Waals surface area contributed by atoms with E-state index in [-0.39, 0.29) is 15.0 Å². The highest BCUT2D eigenvalue weighted by Crippen LogP contribution is 2.28. The van der Waals surface area contributed by atoms with Crippen LogP contribution in [0, 0.1) is 10.1 Å². The average Bonchev–Trinajstić information content (AvgIpc) is 2.84. The fraction of sp³-hybridized carbons (Fsp3) is 0.364. The Morgan fingerprint density at radius 3 is 2.83 bits per heavy atom. The Kier molecular flexibility index (Phi) is 8.42. The van der Waals surface area contributed by atoms with Gasteiger partial charge in [0.05, 0.1) is 33.3 Å². The standard InChI is InChI=1S/C22H24IN5O5S2/c1-33-16-6-7-17-18(13-16)25-22(14-24-17)34-11-10-27-9-8-15(12-21(27)23)26-35(31,32)20-5-3-2-4-19(20)28(29)30/h2-7,13-15,21,26H,8-12H2,1H3. The summed E-state index contributed by atoms with van der Waals surface area (Å²) in [6.45, 7) is 1.54. The van der Waals surface area contributed by atoms with Gasteiger partial charge in [0.15, 0.2) is 4.90 Å². The molecule has 35 heavy (non-hydrogen) atoms. The Morgan fingerprint density at radius 2 is 2.09 bits per heavy atom. The van der Waals surface area contributed by atoms with Crippen molar-refractivity contribution in [3.8, 4) is 5.75 Å². The number of aromatic nitrogens is 2. The fourth-order valence-electron chi connectivity index (χ4n) is 3.88. The van der Waals surface area contributed by atoms with E-state index in [1.807, 2.05) is 18.2 Å². The van der Waals surface area contributed by atoms with Gasteiger partial charge in [-0.3, -0.25) is 20.0 Å². The van der Waals surface area contributed by atoms with Crippen LogP contribution in [-0.2, 0) is 10.0 Å². The average molecular weight is 630 g/mol. The van der Waals surface area contributed by atoms with Crippen molar-refractivity contribution in [2.45, 2.75) is 32.9 Å². The molecule has 0 saturated carbocycles. The largest absolute Gasteiger partial charge is 0.497 e. The number of nitrogens with zero attached hydrogens (tertiary/aromatic N) is 4. The van der Waals surface area contributed by atoms with Crippen LogP contribution in [0.2, 0.25) is 0 Å². The van der Waals surface area contributed by atoms with Crippen LogP contribution in [0.25, 0.3) is 11.0 Å². The number of thioether (sulfide) groups is 1. The first kappa shape index (κ1) is 26.0. The molecule has 0 aliphatic carbocycles. The quantitative estimate of drug-likeness (QED) is 0.0938. The van der Waals surface area contributed by atoms with Crippen molar-refractivity contribution < 1.29 is 18.1 Å². The molecule has 10 nitrogen and oxygen atoms in total.